The maximum Gasteiger partial charge on any atom is 0.409 e. The number of allylic oxidation sites excluding steroid dienone is 1. The molecule has 1 aromatic rings. The number of fused-ring (bicyclic) bond motifs is 2. The van der Waals surface area contributed by atoms with Crippen molar-refractivity contribution in [2.75, 3.05) is 40.6 Å². The lowest BCUT2D eigenvalue weighted by Crippen LogP contribution is -2.69. The summed E-state index contributed by atoms with van der Waals surface area (Å²) < 4.78 is 18.7. The van der Waals surface area contributed by atoms with E-state index in [-0.39, 0.29) is 43.3 Å². The molecule has 1 fully saturated rings. The number of amides is 1. The normalized spacial score (nSPS) is 28.6. The zero-order valence-electron chi connectivity index (χ0n) is 25.0. The summed E-state index contributed by atoms with van der Waals surface area (Å²) in [6.45, 7) is 6.57. The van der Waals surface area contributed by atoms with Crippen molar-refractivity contribution in [2.45, 2.75) is 69.6 Å². The molecule has 0 spiro atoms. The van der Waals surface area contributed by atoms with E-state index in [0.717, 1.165) is 42.5 Å². The molecule has 3 N–H and O–H groups in total. The van der Waals surface area contributed by atoms with Gasteiger partial charge in [-0.15, -0.1) is 6.58 Å². The monoisotopic (exact) mass is 586 g/mol. The van der Waals surface area contributed by atoms with Gasteiger partial charge in [-0.05, 0) is 68.2 Å². The van der Waals surface area contributed by atoms with Crippen molar-refractivity contribution in [1.29, 1.82) is 0 Å². The molecule has 1 saturated carbocycles. The first kappa shape index (κ1) is 31.8. The molecule has 0 unspecified atom stereocenters. The lowest BCUT2D eigenvalue weighted by Gasteiger charge is -2.59. The summed E-state index contributed by atoms with van der Waals surface area (Å²) in [7, 11) is 3.02. The van der Waals surface area contributed by atoms with Gasteiger partial charge >= 0.3 is 6.09 Å². The van der Waals surface area contributed by atoms with Crippen molar-refractivity contribution in [3.8, 4) is 11.5 Å². The Labute approximate surface area is 248 Å². The number of phenolic OH excluding ortho intramolecular Hbond substituents is 1. The van der Waals surface area contributed by atoms with Crippen LogP contribution in [0.1, 0.15) is 63.4 Å². The number of hydrogen-bond acceptors (Lipinski definition) is 9. The van der Waals surface area contributed by atoms with Gasteiger partial charge in [0.15, 0.2) is 0 Å². The summed E-state index contributed by atoms with van der Waals surface area (Å²) in [5, 5.41) is 34.4. The minimum absolute atomic E-state index is 0.107. The van der Waals surface area contributed by atoms with Crippen LogP contribution < -0.4 is 4.74 Å². The molecule has 1 aliphatic heterocycles. The van der Waals surface area contributed by atoms with Crippen LogP contribution in [0.2, 0.25) is 0 Å². The van der Waals surface area contributed by atoms with Gasteiger partial charge in [-0.2, -0.15) is 0 Å². The van der Waals surface area contributed by atoms with Gasteiger partial charge in [0.05, 0.1) is 25.3 Å². The Morgan fingerprint density at radius 2 is 1.95 bits per heavy atom. The summed E-state index contributed by atoms with van der Waals surface area (Å²) in [5.74, 6) is -0.896. The standard InChI is InChI=1S/C32H46N2O8/c1-5-17-40-32-28(34(3)31(38)39-4)20-26(33-41-6-2)24-18-21(11-7-9-15-35)23(12-8-10-16-36)29(30(24)32)25-19-22(37)13-14-27(25)42-32/h5,13-14,18-19,21,23,28-30,35-37H,1,6-12,15-17,20H2,2-4H3/t21-,23+,28-,29+,30+,32+/m0/s1. The van der Waals surface area contributed by atoms with Gasteiger partial charge in [0.2, 0.25) is 5.79 Å². The van der Waals surface area contributed by atoms with Crippen LogP contribution in [0.4, 0.5) is 4.79 Å². The predicted molar refractivity (Wildman–Crippen MR) is 158 cm³/mol. The van der Waals surface area contributed by atoms with Crippen molar-refractivity contribution < 1.29 is 39.2 Å². The van der Waals surface area contributed by atoms with Gasteiger partial charge in [-0.25, -0.2) is 4.79 Å². The fraction of sp³-hybridized carbons (Fsp3) is 0.625. The Hall–Kier alpha value is -3.08. The third kappa shape index (κ3) is 6.16. The average molecular weight is 587 g/mol. The summed E-state index contributed by atoms with van der Waals surface area (Å²) in [4.78, 5) is 20.1. The maximum absolute atomic E-state index is 13.0. The van der Waals surface area contributed by atoms with E-state index in [0.29, 0.717) is 31.6 Å². The van der Waals surface area contributed by atoms with E-state index in [2.05, 4.69) is 17.8 Å². The quantitative estimate of drug-likeness (QED) is 0.162. The van der Waals surface area contributed by atoms with Crippen LogP contribution in [0.15, 0.2) is 47.7 Å². The molecule has 0 radical (unpaired) electrons. The molecule has 1 amide bonds. The minimum Gasteiger partial charge on any atom is -0.508 e. The van der Waals surface area contributed by atoms with E-state index in [1.54, 1.807) is 31.3 Å². The van der Waals surface area contributed by atoms with E-state index < -0.39 is 23.8 Å². The highest BCUT2D eigenvalue weighted by Crippen LogP contribution is 2.61. The largest absolute Gasteiger partial charge is 0.508 e. The first-order valence-electron chi connectivity index (χ1n) is 15.1. The van der Waals surface area contributed by atoms with E-state index in [1.165, 1.54) is 12.0 Å². The third-order valence-electron chi connectivity index (χ3n) is 8.89. The zero-order valence-corrected chi connectivity index (χ0v) is 25.0. The highest BCUT2D eigenvalue weighted by molar-refractivity contribution is 6.02. The number of phenols is 1. The van der Waals surface area contributed by atoms with Crippen LogP contribution in [0, 0.1) is 17.8 Å². The number of benzene rings is 1. The van der Waals surface area contributed by atoms with Crippen LogP contribution in [0.3, 0.4) is 0 Å². The van der Waals surface area contributed by atoms with Gasteiger partial charge in [-0.1, -0.05) is 30.1 Å². The first-order valence-corrected chi connectivity index (χ1v) is 15.1. The van der Waals surface area contributed by atoms with Crippen molar-refractivity contribution in [3.63, 3.8) is 0 Å². The fourth-order valence-electron chi connectivity index (χ4n) is 7.15. The second-order valence-electron chi connectivity index (χ2n) is 11.3. The van der Waals surface area contributed by atoms with E-state index >= 15 is 0 Å². The number of nitrogens with zero attached hydrogens (tertiary/aromatic N) is 2. The molecule has 232 valence electrons. The molecule has 42 heavy (non-hydrogen) atoms. The number of carbonyl (C=O) groups is 1. The fourth-order valence-corrected chi connectivity index (χ4v) is 7.15. The number of rotatable bonds is 14. The Balaban J connectivity index is 1.99. The van der Waals surface area contributed by atoms with Gasteiger partial charge in [0.25, 0.3) is 0 Å². The smallest absolute Gasteiger partial charge is 0.409 e. The maximum atomic E-state index is 13.0. The van der Waals surface area contributed by atoms with Gasteiger partial charge in [-0.3, -0.25) is 0 Å². The summed E-state index contributed by atoms with van der Waals surface area (Å²) >= 11 is 0. The van der Waals surface area contributed by atoms with Crippen LogP contribution in [-0.4, -0.2) is 84.4 Å². The number of aliphatic hydroxyl groups is 2. The van der Waals surface area contributed by atoms with E-state index in [4.69, 9.17) is 19.0 Å². The molecular formula is C32H46N2O8. The molecule has 2 aliphatic carbocycles. The highest BCUT2D eigenvalue weighted by Gasteiger charge is 2.65. The summed E-state index contributed by atoms with van der Waals surface area (Å²) in [5.41, 5.74) is 2.55. The molecule has 6 atom stereocenters. The number of likely N-dealkylation sites (N-methyl/N-ethyl adjacent to an activating group) is 1. The Bertz CT molecular complexity index is 1150. The zero-order chi connectivity index (χ0) is 30.3. The lowest BCUT2D eigenvalue weighted by atomic mass is 9.55. The number of carbonyl (C=O) groups excluding carboxylic acids is 1. The SMILES string of the molecule is C=CCO[C@@]12Oc3ccc(O)cc3[C@H]3[C@H](CCCCO)[C@@H](CCCCO)C=C(C(=NOCC)C[C@@H]1N(C)C(=O)OC)[C@H]32. The number of oxime groups is 1. The van der Waals surface area contributed by atoms with Crippen LogP contribution >= 0.6 is 0 Å². The minimum atomic E-state index is -1.31. The molecule has 3 aliphatic rings. The van der Waals surface area contributed by atoms with Crippen molar-refractivity contribution >= 4 is 11.8 Å². The number of aliphatic hydroxyl groups excluding tert-OH is 2. The molecule has 0 saturated heterocycles. The van der Waals surface area contributed by atoms with E-state index in [1.807, 2.05) is 6.92 Å². The number of unbranched alkanes of at least 4 members (excludes halogenated alkanes) is 2. The Morgan fingerprint density at radius 3 is 2.62 bits per heavy atom. The number of hydrogen-bond donors (Lipinski definition) is 3. The predicted octanol–water partition coefficient (Wildman–Crippen LogP) is 4.74. The van der Waals surface area contributed by atoms with E-state index in [9.17, 15) is 20.1 Å². The topological polar surface area (TPSA) is 130 Å². The molecule has 10 heteroatoms. The Kier molecular flexibility index (Phi) is 10.9. The highest BCUT2D eigenvalue weighted by atomic mass is 16.7. The van der Waals surface area contributed by atoms with Crippen molar-refractivity contribution in [1.82, 2.24) is 4.90 Å². The number of ether oxygens (including phenoxy) is 3. The molecule has 10 nitrogen and oxygen atoms in total. The van der Waals surface area contributed by atoms with Gasteiger partial charge in [0, 0.05) is 38.2 Å². The summed E-state index contributed by atoms with van der Waals surface area (Å²) in [6.07, 6.45) is 8.48. The molecule has 1 aromatic carbocycles. The van der Waals surface area contributed by atoms with Crippen LogP contribution in [0.25, 0.3) is 0 Å². The molecule has 4 rings (SSSR count). The second-order valence-corrected chi connectivity index (χ2v) is 11.3. The summed E-state index contributed by atoms with van der Waals surface area (Å²) in [6, 6.07) is 4.52. The number of methoxy groups -OCH3 is 1. The first-order chi connectivity index (χ1) is 20.4. The molecular weight excluding hydrogens is 540 g/mol. The second kappa shape index (κ2) is 14.4. The van der Waals surface area contributed by atoms with Gasteiger partial charge < -0.3 is 39.3 Å². The molecule has 0 aromatic heterocycles. The lowest BCUT2D eigenvalue weighted by molar-refractivity contribution is -0.253. The molecule has 0 bridgehead atoms. The van der Waals surface area contributed by atoms with Gasteiger partial charge in [0.1, 0.15) is 24.1 Å². The number of aromatic hydroxyl groups is 1. The van der Waals surface area contributed by atoms with Crippen molar-refractivity contribution in [2.24, 2.45) is 22.9 Å². The average Bonchev–Trinajstić information content (AvgIpc) is 3.00. The Morgan fingerprint density at radius 1 is 1.21 bits per heavy atom. The van der Waals surface area contributed by atoms with Crippen LogP contribution in [-0.2, 0) is 14.3 Å². The van der Waals surface area contributed by atoms with Crippen LogP contribution in [0.5, 0.6) is 11.5 Å². The van der Waals surface area contributed by atoms with Crippen molar-refractivity contribution in [3.05, 3.63) is 48.1 Å². The molecule has 1 heterocycles. The third-order valence-corrected chi connectivity index (χ3v) is 8.89.